The zero-order chi connectivity index (χ0) is 36.1. The molecule has 0 unspecified atom stereocenters. The van der Waals surface area contributed by atoms with Crippen LogP contribution < -0.4 is 19.1 Å². The molecule has 3 aromatic carbocycles. The van der Waals surface area contributed by atoms with Gasteiger partial charge >= 0.3 is 12.1 Å². The largest absolute Gasteiger partial charge is 0.619 e. The highest BCUT2D eigenvalue weighted by Gasteiger charge is 2.37. The van der Waals surface area contributed by atoms with E-state index in [2.05, 4.69) is 11.0 Å². The van der Waals surface area contributed by atoms with Gasteiger partial charge < -0.3 is 24.2 Å². The lowest BCUT2D eigenvalue weighted by Crippen LogP contribution is -2.53. The zero-order valence-electron chi connectivity index (χ0n) is 28.1. The van der Waals surface area contributed by atoms with Crippen LogP contribution in [0.5, 0.6) is 11.5 Å². The smallest absolute Gasteiger partial charge is 0.414 e. The Labute approximate surface area is 306 Å². The van der Waals surface area contributed by atoms with E-state index in [0.29, 0.717) is 56.6 Å². The molecule has 1 amide bonds. The molecule has 2 atom stereocenters. The number of carbonyl (C=O) groups is 2. The van der Waals surface area contributed by atoms with Crippen LogP contribution in [0.15, 0.2) is 79.1 Å². The molecule has 7 rings (SSSR count). The summed E-state index contributed by atoms with van der Waals surface area (Å²) in [5.74, 6) is 0.571. The van der Waals surface area contributed by atoms with Crippen LogP contribution in [-0.4, -0.2) is 56.9 Å². The summed E-state index contributed by atoms with van der Waals surface area (Å²) in [6.45, 7) is 2.78. The molecule has 2 bridgehead atoms. The standard InChI is InChI=1S/C38H36Cl2N4O7/c1-48-33-10-9-27(17-35(33)49-2)34(18-30-31(39)21-43(47)22-32(30)40)50-37(45)28-7-3-6-25(15-28)20-44(29-8-4-5-24(16-29)19-41)38(46)51-36-23-42-13-11-26(36)12-14-42/h3-10,15-17,21-22,26,34,36H,11-14,18,20,23H2,1-2H3/t34-,36-/m0/s1. The minimum Gasteiger partial charge on any atom is -0.619 e. The Balaban J connectivity index is 1.27. The molecule has 0 aliphatic carbocycles. The molecule has 11 nitrogen and oxygen atoms in total. The molecular weight excluding hydrogens is 695 g/mol. The van der Waals surface area contributed by atoms with Crippen molar-refractivity contribution in [3.8, 4) is 17.6 Å². The molecule has 0 saturated carbocycles. The van der Waals surface area contributed by atoms with Crippen molar-refractivity contribution >= 4 is 41.0 Å². The number of anilines is 1. The van der Waals surface area contributed by atoms with E-state index in [1.165, 1.54) is 31.5 Å². The number of esters is 1. The minimum absolute atomic E-state index is 0.0495. The maximum Gasteiger partial charge on any atom is 0.414 e. The Morgan fingerprint density at radius 1 is 1.00 bits per heavy atom. The molecule has 3 aliphatic rings. The number of piperidine rings is 3. The van der Waals surface area contributed by atoms with Gasteiger partial charge in [0.2, 0.25) is 0 Å². The first-order chi connectivity index (χ1) is 24.6. The van der Waals surface area contributed by atoms with E-state index < -0.39 is 18.2 Å². The van der Waals surface area contributed by atoms with Gasteiger partial charge in [-0.3, -0.25) is 9.80 Å². The van der Waals surface area contributed by atoms with Crippen LogP contribution in [-0.2, 0) is 22.4 Å². The number of benzene rings is 3. The number of pyridine rings is 1. The summed E-state index contributed by atoms with van der Waals surface area (Å²) in [5, 5.41) is 21.7. The topological polar surface area (TPSA) is 128 Å². The highest BCUT2D eigenvalue weighted by molar-refractivity contribution is 6.35. The highest BCUT2D eigenvalue weighted by Crippen LogP contribution is 2.36. The van der Waals surface area contributed by atoms with Gasteiger partial charge in [0.1, 0.15) is 22.3 Å². The molecule has 264 valence electrons. The van der Waals surface area contributed by atoms with Crippen LogP contribution in [0.4, 0.5) is 10.5 Å². The van der Waals surface area contributed by atoms with Crippen molar-refractivity contribution in [1.82, 2.24) is 4.90 Å². The van der Waals surface area contributed by atoms with Crippen molar-refractivity contribution in [2.45, 2.75) is 38.0 Å². The van der Waals surface area contributed by atoms with Gasteiger partial charge in [-0.2, -0.15) is 9.99 Å². The number of rotatable bonds is 11. The average molecular weight is 732 g/mol. The lowest BCUT2D eigenvalue weighted by Gasteiger charge is -2.44. The molecule has 3 saturated heterocycles. The summed E-state index contributed by atoms with van der Waals surface area (Å²) in [6.07, 6.45) is 2.73. The third kappa shape index (κ3) is 8.31. The first-order valence-corrected chi connectivity index (χ1v) is 17.2. The first-order valence-electron chi connectivity index (χ1n) is 16.4. The van der Waals surface area contributed by atoms with Gasteiger partial charge in [0, 0.05) is 24.2 Å². The zero-order valence-corrected chi connectivity index (χ0v) is 29.6. The lowest BCUT2D eigenvalue weighted by atomic mass is 9.86. The van der Waals surface area contributed by atoms with Crippen LogP contribution in [0.1, 0.15) is 51.6 Å². The quantitative estimate of drug-likeness (QED) is 0.0920. The van der Waals surface area contributed by atoms with Crippen LogP contribution in [0.2, 0.25) is 10.0 Å². The Morgan fingerprint density at radius 2 is 1.73 bits per heavy atom. The van der Waals surface area contributed by atoms with Crippen molar-refractivity contribution in [2.75, 3.05) is 38.8 Å². The van der Waals surface area contributed by atoms with Crippen LogP contribution in [0.3, 0.4) is 0 Å². The van der Waals surface area contributed by atoms with Gasteiger partial charge in [0.05, 0.1) is 38.0 Å². The fourth-order valence-corrected chi connectivity index (χ4v) is 7.21. The van der Waals surface area contributed by atoms with E-state index in [4.69, 9.17) is 42.1 Å². The van der Waals surface area contributed by atoms with E-state index in [0.717, 1.165) is 25.9 Å². The van der Waals surface area contributed by atoms with Crippen molar-refractivity contribution < 1.29 is 33.3 Å². The van der Waals surface area contributed by atoms with Gasteiger partial charge in [-0.05, 0) is 85.4 Å². The second-order valence-corrected chi connectivity index (χ2v) is 13.3. The number of amides is 1. The van der Waals surface area contributed by atoms with E-state index in [1.807, 2.05) is 0 Å². The van der Waals surface area contributed by atoms with Gasteiger partial charge in [-0.15, -0.1) is 0 Å². The van der Waals surface area contributed by atoms with Crippen molar-refractivity contribution in [3.63, 3.8) is 0 Å². The molecule has 51 heavy (non-hydrogen) atoms. The molecule has 4 aromatic rings. The molecule has 0 radical (unpaired) electrons. The third-order valence-corrected chi connectivity index (χ3v) is 9.99. The summed E-state index contributed by atoms with van der Waals surface area (Å²) in [5.41, 5.74) is 2.76. The summed E-state index contributed by atoms with van der Waals surface area (Å²) in [7, 11) is 3.02. The van der Waals surface area contributed by atoms with Crippen molar-refractivity contribution in [1.29, 1.82) is 5.26 Å². The SMILES string of the molecule is COc1ccc([C@H](Cc2c(Cl)c[n+]([O-])cc2Cl)OC(=O)c2cccc(CN(C(=O)O[C@H]3CN4CCC3CC4)c3cccc(C#N)c3)c2)cc1OC. The van der Waals surface area contributed by atoms with Gasteiger partial charge in [0.25, 0.3) is 0 Å². The monoisotopic (exact) mass is 730 g/mol. The predicted molar refractivity (Wildman–Crippen MR) is 190 cm³/mol. The second-order valence-electron chi connectivity index (χ2n) is 12.5. The lowest BCUT2D eigenvalue weighted by molar-refractivity contribution is -0.605. The summed E-state index contributed by atoms with van der Waals surface area (Å²) >= 11 is 12.8. The summed E-state index contributed by atoms with van der Waals surface area (Å²) < 4.78 is 23.6. The highest BCUT2D eigenvalue weighted by atomic mass is 35.5. The molecule has 3 aliphatic heterocycles. The fraction of sp³-hybridized carbons (Fsp3) is 0.316. The Morgan fingerprint density at radius 3 is 2.39 bits per heavy atom. The Kier molecular flexibility index (Phi) is 11.2. The average Bonchev–Trinajstić information content (AvgIpc) is 3.15. The molecule has 3 fully saturated rings. The summed E-state index contributed by atoms with van der Waals surface area (Å²) in [6, 6.07) is 20.8. The minimum atomic E-state index is -0.903. The third-order valence-electron chi connectivity index (χ3n) is 9.33. The molecule has 0 N–H and O–H groups in total. The molecule has 0 spiro atoms. The van der Waals surface area contributed by atoms with Gasteiger partial charge in [-0.1, -0.05) is 47.5 Å². The van der Waals surface area contributed by atoms with E-state index in [9.17, 15) is 20.1 Å². The maximum absolute atomic E-state index is 13.8. The van der Waals surface area contributed by atoms with Crippen LogP contribution in [0, 0.1) is 22.5 Å². The second kappa shape index (κ2) is 15.9. The summed E-state index contributed by atoms with van der Waals surface area (Å²) in [4.78, 5) is 31.4. The first kappa shape index (κ1) is 35.8. The molecule has 1 aromatic heterocycles. The number of hydrogen-bond donors (Lipinski definition) is 0. The van der Waals surface area contributed by atoms with E-state index >= 15 is 0 Å². The molecular formula is C38H36Cl2N4O7. The van der Waals surface area contributed by atoms with Crippen molar-refractivity contribution in [2.24, 2.45) is 5.92 Å². The Hall–Kier alpha value is -5.02. The molecule has 13 heteroatoms. The van der Waals surface area contributed by atoms with Crippen LogP contribution >= 0.6 is 23.2 Å². The Bertz CT molecular complexity index is 1940. The number of methoxy groups -OCH3 is 2. The number of nitriles is 1. The van der Waals surface area contributed by atoms with E-state index in [-0.39, 0.29) is 34.7 Å². The predicted octanol–water partition coefficient (Wildman–Crippen LogP) is 6.89. The number of nitrogens with zero attached hydrogens (tertiary/aromatic N) is 4. The van der Waals surface area contributed by atoms with Gasteiger partial charge in [0.15, 0.2) is 23.9 Å². The van der Waals surface area contributed by atoms with Crippen molar-refractivity contribution in [3.05, 3.63) is 122 Å². The maximum atomic E-state index is 13.8. The van der Waals surface area contributed by atoms with E-state index in [1.54, 1.807) is 66.7 Å². The normalized spacial score (nSPS) is 18.3. The number of ether oxygens (including phenoxy) is 4. The number of halogens is 2. The number of aromatic nitrogens is 1. The number of carbonyl (C=O) groups excluding carboxylic acids is 2. The van der Waals surface area contributed by atoms with Gasteiger partial charge in [-0.25, -0.2) is 9.59 Å². The number of hydrogen-bond acceptors (Lipinski definition) is 9. The van der Waals surface area contributed by atoms with Crippen LogP contribution in [0.25, 0.3) is 0 Å². The number of fused-ring (bicyclic) bond motifs is 3. The molecule has 4 heterocycles. The fourth-order valence-electron chi connectivity index (χ4n) is 6.61.